The van der Waals surface area contributed by atoms with Gasteiger partial charge in [-0.15, -0.1) is 0 Å². The smallest absolute Gasteiger partial charge is 0.188 e. The van der Waals surface area contributed by atoms with Crippen LogP contribution in [0.4, 0.5) is 5.69 Å². The van der Waals surface area contributed by atoms with Crippen LogP contribution < -0.4 is 10.5 Å². The summed E-state index contributed by atoms with van der Waals surface area (Å²) in [5, 5.41) is 0. The quantitative estimate of drug-likeness (QED) is 0.317. The first-order chi connectivity index (χ1) is 11.6. The van der Waals surface area contributed by atoms with Gasteiger partial charge in [0, 0.05) is 11.3 Å². The summed E-state index contributed by atoms with van der Waals surface area (Å²) in [6.07, 6.45) is 5.34. The molecule has 0 radical (unpaired) electrons. The lowest BCUT2D eigenvalue weighted by Crippen LogP contribution is -2.01. The molecule has 0 aliphatic rings. The monoisotopic (exact) mass is 323 g/mol. The number of rotatable bonds is 8. The molecule has 0 unspecified atom stereocenters. The Balaban J connectivity index is 1.99. The number of allylic oxidation sites excluding steroid dienone is 1. The van der Waals surface area contributed by atoms with Crippen LogP contribution in [-0.2, 0) is 0 Å². The second-order valence-electron chi connectivity index (χ2n) is 5.90. The molecule has 0 spiro atoms. The fourth-order valence-corrected chi connectivity index (χ4v) is 2.38. The Morgan fingerprint density at radius 2 is 1.71 bits per heavy atom. The largest absolute Gasteiger partial charge is 0.494 e. The molecular weight excluding hydrogens is 298 g/mol. The van der Waals surface area contributed by atoms with Gasteiger partial charge in [0.2, 0.25) is 0 Å². The molecule has 0 amide bonds. The Morgan fingerprint density at radius 3 is 2.33 bits per heavy atom. The van der Waals surface area contributed by atoms with E-state index in [4.69, 9.17) is 10.5 Å². The number of Topliss-reactive ketones (excluding diaryl/α,β-unsaturated/α-hetero) is 1. The summed E-state index contributed by atoms with van der Waals surface area (Å²) in [7, 11) is 0. The molecule has 0 heterocycles. The normalized spacial score (nSPS) is 11.3. The summed E-state index contributed by atoms with van der Waals surface area (Å²) in [5.41, 5.74) is 8.63. The Labute approximate surface area is 144 Å². The van der Waals surface area contributed by atoms with E-state index in [1.807, 2.05) is 37.3 Å². The van der Waals surface area contributed by atoms with Gasteiger partial charge in [-0.25, -0.2) is 0 Å². The molecule has 0 aromatic heterocycles. The van der Waals surface area contributed by atoms with Crippen LogP contribution >= 0.6 is 0 Å². The Kier molecular flexibility index (Phi) is 6.62. The van der Waals surface area contributed by atoms with Crippen molar-refractivity contribution in [2.75, 3.05) is 12.3 Å². The Hall–Kier alpha value is -2.55. The van der Waals surface area contributed by atoms with Crippen molar-refractivity contribution in [2.24, 2.45) is 0 Å². The molecule has 0 aliphatic carbocycles. The van der Waals surface area contributed by atoms with Crippen LogP contribution in [0.2, 0.25) is 0 Å². The van der Waals surface area contributed by atoms with E-state index in [2.05, 4.69) is 6.92 Å². The first-order valence-electron chi connectivity index (χ1n) is 8.41. The first kappa shape index (κ1) is 17.8. The third-order valence-corrected chi connectivity index (χ3v) is 3.81. The zero-order chi connectivity index (χ0) is 17.4. The van der Waals surface area contributed by atoms with E-state index in [1.165, 1.54) is 12.8 Å². The number of benzene rings is 2. The molecule has 24 heavy (non-hydrogen) atoms. The highest BCUT2D eigenvalue weighted by molar-refractivity contribution is 6.11. The minimum absolute atomic E-state index is 0.00916. The number of ketones is 1. The molecule has 126 valence electrons. The average molecular weight is 323 g/mol. The van der Waals surface area contributed by atoms with Crippen molar-refractivity contribution in [3.63, 3.8) is 0 Å². The number of ether oxygens (including phenoxy) is 1. The third-order valence-electron chi connectivity index (χ3n) is 3.81. The number of hydrogen-bond donors (Lipinski definition) is 1. The number of nitrogen functional groups attached to an aromatic ring is 1. The van der Waals surface area contributed by atoms with Gasteiger partial charge in [-0.3, -0.25) is 4.79 Å². The highest BCUT2D eigenvalue weighted by Crippen LogP contribution is 2.17. The van der Waals surface area contributed by atoms with Crippen LogP contribution in [0.15, 0.2) is 54.1 Å². The lowest BCUT2D eigenvalue weighted by atomic mass is 10.0. The Morgan fingerprint density at radius 1 is 1.04 bits per heavy atom. The molecule has 2 aromatic carbocycles. The predicted molar refractivity (Wildman–Crippen MR) is 100 cm³/mol. The lowest BCUT2D eigenvalue weighted by Gasteiger charge is -2.06. The maximum atomic E-state index is 12.4. The van der Waals surface area contributed by atoms with Gasteiger partial charge in [-0.2, -0.15) is 0 Å². The van der Waals surface area contributed by atoms with E-state index in [1.54, 1.807) is 24.3 Å². The molecule has 0 saturated carbocycles. The van der Waals surface area contributed by atoms with Crippen molar-refractivity contribution in [1.82, 2.24) is 0 Å². The molecule has 0 fully saturated rings. The molecular formula is C21H25NO2. The van der Waals surface area contributed by atoms with Crippen molar-refractivity contribution in [3.05, 3.63) is 65.2 Å². The van der Waals surface area contributed by atoms with Crippen LogP contribution in [0.25, 0.3) is 6.08 Å². The van der Waals surface area contributed by atoms with Crippen LogP contribution in [0.5, 0.6) is 5.75 Å². The Bertz CT molecular complexity index is 685. The SMILES string of the molecule is CCCCCOc1ccc(C=C(C)C(=O)c2ccc(N)cc2)cc1. The van der Waals surface area contributed by atoms with E-state index < -0.39 is 0 Å². The first-order valence-corrected chi connectivity index (χ1v) is 8.41. The molecule has 0 aliphatic heterocycles. The van der Waals surface area contributed by atoms with E-state index in [0.717, 1.165) is 24.3 Å². The van der Waals surface area contributed by atoms with Gasteiger partial charge in [0.15, 0.2) is 5.78 Å². The zero-order valence-electron chi connectivity index (χ0n) is 14.4. The molecule has 0 saturated heterocycles. The summed E-state index contributed by atoms with van der Waals surface area (Å²) in [5.74, 6) is 0.876. The van der Waals surface area contributed by atoms with Crippen molar-refractivity contribution in [3.8, 4) is 5.75 Å². The molecule has 2 N–H and O–H groups in total. The van der Waals surface area contributed by atoms with E-state index in [9.17, 15) is 4.79 Å². The van der Waals surface area contributed by atoms with Crippen LogP contribution in [0.1, 0.15) is 49.0 Å². The van der Waals surface area contributed by atoms with E-state index in [0.29, 0.717) is 16.8 Å². The maximum absolute atomic E-state index is 12.4. The van der Waals surface area contributed by atoms with E-state index in [-0.39, 0.29) is 5.78 Å². The topological polar surface area (TPSA) is 52.3 Å². The van der Waals surface area contributed by atoms with Gasteiger partial charge < -0.3 is 10.5 Å². The number of hydrogen-bond acceptors (Lipinski definition) is 3. The van der Waals surface area contributed by atoms with E-state index >= 15 is 0 Å². The van der Waals surface area contributed by atoms with Gasteiger partial charge in [-0.1, -0.05) is 31.9 Å². The summed E-state index contributed by atoms with van der Waals surface area (Å²) in [6, 6.07) is 14.8. The molecule has 0 atom stereocenters. The highest BCUT2D eigenvalue weighted by atomic mass is 16.5. The van der Waals surface area contributed by atoms with Crippen molar-refractivity contribution in [2.45, 2.75) is 33.1 Å². The van der Waals surface area contributed by atoms with Crippen molar-refractivity contribution >= 4 is 17.5 Å². The predicted octanol–water partition coefficient (Wildman–Crippen LogP) is 5.12. The van der Waals surface area contributed by atoms with Gasteiger partial charge >= 0.3 is 0 Å². The summed E-state index contributed by atoms with van der Waals surface area (Å²) < 4.78 is 5.70. The summed E-state index contributed by atoms with van der Waals surface area (Å²) in [6.45, 7) is 4.75. The van der Waals surface area contributed by atoms with Gasteiger partial charge in [-0.05, 0) is 67.0 Å². The fraction of sp³-hybridized carbons (Fsp3) is 0.286. The molecule has 0 bridgehead atoms. The highest BCUT2D eigenvalue weighted by Gasteiger charge is 2.07. The maximum Gasteiger partial charge on any atom is 0.188 e. The van der Waals surface area contributed by atoms with Gasteiger partial charge in [0.05, 0.1) is 6.61 Å². The van der Waals surface area contributed by atoms with Crippen molar-refractivity contribution < 1.29 is 9.53 Å². The third kappa shape index (κ3) is 5.27. The molecule has 2 rings (SSSR count). The van der Waals surface area contributed by atoms with Crippen molar-refractivity contribution in [1.29, 1.82) is 0 Å². The average Bonchev–Trinajstić information content (AvgIpc) is 2.60. The van der Waals surface area contributed by atoms with Crippen LogP contribution in [0.3, 0.4) is 0 Å². The molecule has 3 heteroatoms. The minimum atomic E-state index is 0.00916. The van der Waals surface area contributed by atoms with Gasteiger partial charge in [0.25, 0.3) is 0 Å². The van der Waals surface area contributed by atoms with Crippen LogP contribution in [-0.4, -0.2) is 12.4 Å². The zero-order valence-corrected chi connectivity index (χ0v) is 14.4. The number of unbranched alkanes of at least 4 members (excludes halogenated alkanes) is 2. The number of nitrogens with two attached hydrogens (primary N) is 1. The minimum Gasteiger partial charge on any atom is -0.494 e. The van der Waals surface area contributed by atoms with Crippen LogP contribution in [0, 0.1) is 0 Å². The number of carbonyl (C=O) groups is 1. The standard InChI is InChI=1S/C21H25NO2/c1-3-4-5-14-24-20-12-6-17(7-13-20)15-16(2)21(23)18-8-10-19(22)11-9-18/h6-13,15H,3-5,14,22H2,1-2H3. The lowest BCUT2D eigenvalue weighted by molar-refractivity contribution is 0.103. The molecule has 2 aromatic rings. The summed E-state index contributed by atoms with van der Waals surface area (Å²) in [4.78, 5) is 12.4. The molecule has 3 nitrogen and oxygen atoms in total. The second kappa shape index (κ2) is 8.92. The fourth-order valence-electron chi connectivity index (χ4n) is 2.38. The second-order valence-corrected chi connectivity index (χ2v) is 5.90. The number of anilines is 1. The summed E-state index contributed by atoms with van der Waals surface area (Å²) >= 11 is 0. The van der Waals surface area contributed by atoms with Gasteiger partial charge in [0.1, 0.15) is 5.75 Å². The number of carbonyl (C=O) groups excluding carboxylic acids is 1.